The van der Waals surface area contributed by atoms with Gasteiger partial charge in [0.1, 0.15) is 5.70 Å². The van der Waals surface area contributed by atoms with Gasteiger partial charge in [-0.05, 0) is 20.4 Å². The number of carboxylic acids is 1. The molecule has 146 valence electrons. The summed E-state index contributed by atoms with van der Waals surface area (Å²) in [7, 11) is 1.79. The molecule has 26 heavy (non-hydrogen) atoms. The van der Waals surface area contributed by atoms with Gasteiger partial charge in [-0.2, -0.15) is 0 Å². The van der Waals surface area contributed by atoms with Crippen LogP contribution in [0.5, 0.6) is 0 Å². The van der Waals surface area contributed by atoms with Crippen molar-refractivity contribution in [1.82, 2.24) is 15.5 Å². The van der Waals surface area contributed by atoms with Gasteiger partial charge in [0.15, 0.2) is 0 Å². The Morgan fingerprint density at radius 1 is 1.46 bits per heavy atom. The van der Waals surface area contributed by atoms with E-state index in [1.165, 1.54) is 16.7 Å². The van der Waals surface area contributed by atoms with Crippen molar-refractivity contribution in [3.05, 3.63) is 10.6 Å². The number of hydrogen-bond donors (Lipinski definition) is 5. The summed E-state index contributed by atoms with van der Waals surface area (Å²) < 4.78 is 0. The topological polar surface area (TPSA) is 122 Å². The Kier molecular flexibility index (Phi) is 5.64. The minimum atomic E-state index is -1.10. The highest BCUT2D eigenvalue weighted by atomic mass is 32.2. The number of carboxylic acid groups (broad SMARTS) is 1. The monoisotopic (exact) mass is 385 g/mol. The van der Waals surface area contributed by atoms with Gasteiger partial charge >= 0.3 is 5.97 Å². The van der Waals surface area contributed by atoms with Crippen molar-refractivity contribution in [2.75, 3.05) is 20.1 Å². The fourth-order valence-electron chi connectivity index (χ4n) is 4.33. The van der Waals surface area contributed by atoms with Crippen LogP contribution in [-0.4, -0.2) is 81.8 Å². The summed E-state index contributed by atoms with van der Waals surface area (Å²) in [5, 5.41) is 36.0. The molecular weight excluding hydrogens is 358 g/mol. The molecule has 0 spiro atoms. The fourth-order valence-corrected chi connectivity index (χ4v) is 5.82. The van der Waals surface area contributed by atoms with Crippen molar-refractivity contribution in [2.24, 2.45) is 11.8 Å². The standard InChI is InChI=1S/C17H27N3O5S/c1-7-13-12(8(2)21)16(23)20(13)14(17(24)25)15(7)26-9-4-10(19-5-9)11(22)6-18-3/h7-13,18-19,21-22H,4-6H2,1-3H3,(H,24,25)/t7-,8-,9+,10+,11-,12-,13-/m1/s1. The van der Waals surface area contributed by atoms with Crippen molar-refractivity contribution >= 4 is 23.6 Å². The van der Waals surface area contributed by atoms with E-state index in [1.807, 2.05) is 6.92 Å². The maximum atomic E-state index is 12.3. The van der Waals surface area contributed by atoms with E-state index < -0.39 is 24.1 Å². The second-order valence-corrected chi connectivity index (χ2v) is 8.73. The second-order valence-electron chi connectivity index (χ2n) is 7.39. The number of fused-ring (bicyclic) bond motifs is 1. The largest absolute Gasteiger partial charge is 0.477 e. The van der Waals surface area contributed by atoms with E-state index >= 15 is 0 Å². The number of aliphatic hydroxyl groups excluding tert-OH is 2. The molecule has 0 aromatic heterocycles. The van der Waals surface area contributed by atoms with Crippen LogP contribution in [-0.2, 0) is 9.59 Å². The van der Waals surface area contributed by atoms with Crippen molar-refractivity contribution in [3.8, 4) is 0 Å². The first-order valence-corrected chi connectivity index (χ1v) is 9.87. The van der Waals surface area contributed by atoms with Crippen LogP contribution in [0.25, 0.3) is 0 Å². The molecule has 2 saturated heterocycles. The molecule has 0 bridgehead atoms. The van der Waals surface area contributed by atoms with Gasteiger partial charge in [0, 0.05) is 35.2 Å². The molecule has 9 heteroatoms. The Bertz CT molecular complexity index is 626. The molecular formula is C17H27N3O5S. The quantitative estimate of drug-likeness (QED) is 0.361. The van der Waals surface area contributed by atoms with Crippen LogP contribution in [0.2, 0.25) is 0 Å². The molecule has 3 aliphatic heterocycles. The molecule has 2 fully saturated rings. The lowest BCUT2D eigenvalue weighted by Crippen LogP contribution is -2.63. The summed E-state index contributed by atoms with van der Waals surface area (Å²) in [6, 6.07) is -0.314. The number of carbonyl (C=O) groups is 2. The third-order valence-electron chi connectivity index (χ3n) is 5.61. The molecule has 0 unspecified atom stereocenters. The van der Waals surface area contributed by atoms with Gasteiger partial charge in [-0.25, -0.2) is 4.79 Å². The Hall–Kier alpha value is -1.13. The molecule has 0 radical (unpaired) electrons. The number of likely N-dealkylation sites (N-methyl/N-ethyl adjacent to an activating group) is 1. The number of aliphatic hydroxyl groups is 2. The minimum absolute atomic E-state index is 0.0330. The molecule has 3 heterocycles. The first-order valence-electron chi connectivity index (χ1n) is 8.99. The number of nitrogens with zero attached hydrogens (tertiary/aromatic N) is 1. The van der Waals surface area contributed by atoms with Gasteiger partial charge in [0.05, 0.1) is 24.2 Å². The lowest BCUT2D eigenvalue weighted by Gasteiger charge is -2.46. The van der Waals surface area contributed by atoms with Crippen molar-refractivity contribution in [2.45, 2.75) is 49.8 Å². The number of β-lactam (4-membered cyclic amide) rings is 1. The zero-order valence-electron chi connectivity index (χ0n) is 15.2. The second kappa shape index (κ2) is 7.47. The third-order valence-corrected chi connectivity index (χ3v) is 7.12. The number of rotatable bonds is 7. The normalized spacial score (nSPS) is 36.1. The Balaban J connectivity index is 1.75. The average Bonchev–Trinajstić information content (AvgIpc) is 3.11. The summed E-state index contributed by atoms with van der Waals surface area (Å²) in [6.07, 6.45) is -0.560. The molecule has 7 atom stereocenters. The Morgan fingerprint density at radius 2 is 2.15 bits per heavy atom. The van der Waals surface area contributed by atoms with E-state index in [0.717, 1.165) is 6.42 Å². The van der Waals surface area contributed by atoms with Gasteiger partial charge in [-0.3, -0.25) is 4.79 Å². The highest BCUT2D eigenvalue weighted by Crippen LogP contribution is 2.51. The number of hydrogen-bond acceptors (Lipinski definition) is 7. The molecule has 1 amide bonds. The highest BCUT2D eigenvalue weighted by molar-refractivity contribution is 8.03. The van der Waals surface area contributed by atoms with E-state index in [4.69, 9.17) is 0 Å². The first-order chi connectivity index (χ1) is 12.3. The van der Waals surface area contributed by atoms with Crippen LogP contribution < -0.4 is 10.6 Å². The van der Waals surface area contributed by atoms with Crippen LogP contribution in [0.4, 0.5) is 0 Å². The van der Waals surface area contributed by atoms with Crippen molar-refractivity contribution in [3.63, 3.8) is 0 Å². The predicted octanol–water partition coefficient (Wildman–Crippen LogP) is -0.816. The zero-order valence-corrected chi connectivity index (χ0v) is 16.0. The van der Waals surface area contributed by atoms with Crippen molar-refractivity contribution < 1.29 is 24.9 Å². The minimum Gasteiger partial charge on any atom is -0.477 e. The number of aliphatic carboxylic acids is 1. The van der Waals surface area contributed by atoms with Crippen LogP contribution in [0.1, 0.15) is 20.3 Å². The van der Waals surface area contributed by atoms with Gasteiger partial charge in [0.25, 0.3) is 0 Å². The first kappa shape index (κ1) is 19.6. The molecule has 0 aromatic rings. The lowest BCUT2D eigenvalue weighted by atomic mass is 9.79. The van der Waals surface area contributed by atoms with Gasteiger partial charge in [-0.1, -0.05) is 6.92 Å². The van der Waals surface area contributed by atoms with E-state index in [2.05, 4.69) is 10.6 Å². The van der Waals surface area contributed by atoms with Crippen molar-refractivity contribution in [1.29, 1.82) is 0 Å². The SMILES string of the molecule is CNC[C@@H](O)[C@@H]1C[C@H](SC2=C(C(=O)O)N3C(=O)[C@H]([C@@H](C)O)[C@H]3[C@H]2C)CN1. The van der Waals surface area contributed by atoms with E-state index in [1.54, 1.807) is 14.0 Å². The maximum absolute atomic E-state index is 12.3. The molecule has 5 N–H and O–H groups in total. The summed E-state index contributed by atoms with van der Waals surface area (Å²) in [5.41, 5.74) is 0.0635. The number of thioether (sulfide) groups is 1. The number of nitrogens with one attached hydrogen (secondary N) is 2. The molecule has 0 saturated carbocycles. The van der Waals surface area contributed by atoms with E-state index in [9.17, 15) is 24.9 Å². The zero-order chi connectivity index (χ0) is 19.2. The predicted molar refractivity (Wildman–Crippen MR) is 97.4 cm³/mol. The summed E-state index contributed by atoms with van der Waals surface area (Å²) in [4.78, 5) is 26.2. The van der Waals surface area contributed by atoms with Crippen LogP contribution >= 0.6 is 11.8 Å². The summed E-state index contributed by atoms with van der Waals surface area (Å²) in [5.74, 6) is -2.07. The van der Waals surface area contributed by atoms with Gasteiger partial charge in [0.2, 0.25) is 5.91 Å². The van der Waals surface area contributed by atoms with Gasteiger partial charge < -0.3 is 30.9 Å². The fraction of sp³-hybridized carbons (Fsp3) is 0.765. The van der Waals surface area contributed by atoms with Crippen LogP contribution in [0, 0.1) is 11.8 Å². The van der Waals surface area contributed by atoms with Crippen LogP contribution in [0.3, 0.4) is 0 Å². The Morgan fingerprint density at radius 3 is 2.73 bits per heavy atom. The van der Waals surface area contributed by atoms with Gasteiger partial charge in [-0.15, -0.1) is 11.8 Å². The lowest BCUT2D eigenvalue weighted by molar-refractivity contribution is -0.163. The van der Waals surface area contributed by atoms with Crippen LogP contribution in [0.15, 0.2) is 10.6 Å². The summed E-state index contributed by atoms with van der Waals surface area (Å²) >= 11 is 1.49. The molecule has 0 aliphatic carbocycles. The molecule has 3 aliphatic rings. The third kappa shape index (κ3) is 3.16. The van der Waals surface area contributed by atoms with E-state index in [0.29, 0.717) is 18.0 Å². The average molecular weight is 385 g/mol. The number of amides is 1. The Labute approximate surface area is 157 Å². The maximum Gasteiger partial charge on any atom is 0.353 e. The highest BCUT2D eigenvalue weighted by Gasteiger charge is 2.60. The molecule has 3 rings (SSSR count). The molecule has 8 nitrogen and oxygen atoms in total. The number of carbonyl (C=O) groups excluding carboxylic acids is 1. The molecule has 0 aromatic carbocycles. The summed E-state index contributed by atoms with van der Waals surface area (Å²) in [6.45, 7) is 4.67. The van der Waals surface area contributed by atoms with E-state index in [-0.39, 0.29) is 34.9 Å². The smallest absolute Gasteiger partial charge is 0.353 e.